The van der Waals surface area contributed by atoms with Gasteiger partial charge < -0.3 is 4.74 Å². The van der Waals surface area contributed by atoms with Crippen LogP contribution in [-0.4, -0.2) is 12.6 Å². The van der Waals surface area contributed by atoms with Crippen LogP contribution in [0.15, 0.2) is 12.2 Å². The number of unbranched alkanes of at least 4 members (excludes halogenated alkanes) is 7. The summed E-state index contributed by atoms with van der Waals surface area (Å²) in [6.45, 7) is 8.26. The van der Waals surface area contributed by atoms with Crippen LogP contribution >= 0.6 is 0 Å². The average Bonchev–Trinajstić information content (AvgIpc) is 2.43. The van der Waals surface area contributed by atoms with Crippen molar-refractivity contribution in [1.29, 1.82) is 5.26 Å². The standard InChI is InChI=1S/C17H29NO2/c1-15(2)12-10-8-6-4-5-7-9-11-13-20-17(19)16(3)14-18/h15H,3-13H2,1-2H3. The van der Waals surface area contributed by atoms with Crippen LogP contribution in [0.4, 0.5) is 0 Å². The third kappa shape index (κ3) is 11.8. The first-order valence-corrected chi connectivity index (χ1v) is 7.84. The van der Waals surface area contributed by atoms with E-state index in [0.717, 1.165) is 18.8 Å². The molecule has 20 heavy (non-hydrogen) atoms. The Hall–Kier alpha value is -1.30. The van der Waals surface area contributed by atoms with Crippen LogP contribution in [-0.2, 0) is 9.53 Å². The summed E-state index contributed by atoms with van der Waals surface area (Å²) in [5, 5.41) is 8.45. The van der Waals surface area contributed by atoms with Crippen LogP contribution in [0.25, 0.3) is 0 Å². The molecule has 0 saturated heterocycles. The number of nitriles is 1. The molecule has 0 aliphatic carbocycles. The second-order valence-corrected chi connectivity index (χ2v) is 5.74. The van der Waals surface area contributed by atoms with Crippen molar-refractivity contribution in [3.63, 3.8) is 0 Å². The van der Waals surface area contributed by atoms with Crippen LogP contribution in [0.5, 0.6) is 0 Å². The van der Waals surface area contributed by atoms with Crippen LogP contribution < -0.4 is 0 Å². The second kappa shape index (κ2) is 12.7. The van der Waals surface area contributed by atoms with E-state index in [1.54, 1.807) is 6.07 Å². The Kier molecular flexibility index (Phi) is 11.9. The fourth-order valence-electron chi connectivity index (χ4n) is 2.01. The predicted octanol–water partition coefficient (Wildman–Crippen LogP) is 4.78. The van der Waals surface area contributed by atoms with Crippen molar-refractivity contribution in [1.82, 2.24) is 0 Å². The molecule has 0 saturated carbocycles. The monoisotopic (exact) mass is 279 g/mol. The minimum absolute atomic E-state index is 0.119. The zero-order valence-corrected chi connectivity index (χ0v) is 13.1. The van der Waals surface area contributed by atoms with Gasteiger partial charge in [-0.1, -0.05) is 71.8 Å². The average molecular weight is 279 g/mol. The van der Waals surface area contributed by atoms with E-state index in [-0.39, 0.29) is 5.57 Å². The van der Waals surface area contributed by atoms with E-state index < -0.39 is 5.97 Å². The molecule has 0 aromatic heterocycles. The van der Waals surface area contributed by atoms with Gasteiger partial charge in [-0.2, -0.15) is 5.26 Å². The van der Waals surface area contributed by atoms with E-state index in [2.05, 4.69) is 20.4 Å². The summed E-state index contributed by atoms with van der Waals surface area (Å²) in [7, 11) is 0. The number of ether oxygens (including phenoxy) is 1. The van der Waals surface area contributed by atoms with Gasteiger partial charge in [0.25, 0.3) is 0 Å². The maximum Gasteiger partial charge on any atom is 0.348 e. The Morgan fingerprint density at radius 2 is 1.55 bits per heavy atom. The van der Waals surface area contributed by atoms with Gasteiger partial charge in [0.2, 0.25) is 0 Å². The summed E-state index contributed by atoms with van der Waals surface area (Å²) >= 11 is 0. The lowest BCUT2D eigenvalue weighted by Gasteiger charge is -2.05. The lowest BCUT2D eigenvalue weighted by molar-refractivity contribution is -0.138. The molecule has 0 aliphatic rings. The van der Waals surface area contributed by atoms with E-state index in [1.807, 2.05) is 0 Å². The number of carbonyl (C=O) groups is 1. The minimum Gasteiger partial charge on any atom is -0.462 e. The van der Waals surface area contributed by atoms with Gasteiger partial charge in [-0.15, -0.1) is 0 Å². The van der Waals surface area contributed by atoms with E-state index in [1.165, 1.54) is 44.9 Å². The fraction of sp³-hybridized carbons (Fsp3) is 0.765. The van der Waals surface area contributed by atoms with Crippen LogP contribution in [0.3, 0.4) is 0 Å². The van der Waals surface area contributed by atoms with Gasteiger partial charge in [0.15, 0.2) is 0 Å². The van der Waals surface area contributed by atoms with Crippen molar-refractivity contribution >= 4 is 5.97 Å². The number of rotatable bonds is 12. The maximum atomic E-state index is 11.1. The van der Waals surface area contributed by atoms with Gasteiger partial charge in [0.1, 0.15) is 11.6 Å². The fourth-order valence-corrected chi connectivity index (χ4v) is 2.01. The number of hydrogen-bond donors (Lipinski definition) is 0. The molecule has 0 aromatic carbocycles. The molecular formula is C17H29NO2. The van der Waals surface area contributed by atoms with Gasteiger partial charge in [0, 0.05) is 0 Å². The normalized spacial score (nSPS) is 10.3. The summed E-state index contributed by atoms with van der Waals surface area (Å²) in [6.07, 6.45) is 11.1. The Labute approximate surface area is 124 Å². The van der Waals surface area contributed by atoms with E-state index >= 15 is 0 Å². The third-order valence-electron chi connectivity index (χ3n) is 3.29. The Bertz CT molecular complexity index is 315. The molecule has 0 bridgehead atoms. The van der Waals surface area contributed by atoms with Gasteiger partial charge >= 0.3 is 5.97 Å². The minimum atomic E-state index is -0.586. The zero-order valence-electron chi connectivity index (χ0n) is 13.1. The molecule has 114 valence electrons. The molecule has 0 spiro atoms. The molecule has 0 atom stereocenters. The topological polar surface area (TPSA) is 50.1 Å². The Morgan fingerprint density at radius 1 is 1.05 bits per heavy atom. The Balaban J connectivity index is 3.20. The SMILES string of the molecule is C=C(C#N)C(=O)OCCCCCCCCCCC(C)C. The smallest absolute Gasteiger partial charge is 0.348 e. The molecule has 0 N–H and O–H groups in total. The first-order chi connectivity index (χ1) is 9.57. The van der Waals surface area contributed by atoms with Crippen LogP contribution in [0, 0.1) is 17.2 Å². The second-order valence-electron chi connectivity index (χ2n) is 5.74. The maximum absolute atomic E-state index is 11.1. The highest BCUT2D eigenvalue weighted by Crippen LogP contribution is 2.12. The molecule has 3 heteroatoms. The molecule has 0 aromatic rings. The molecule has 0 heterocycles. The van der Waals surface area contributed by atoms with Gasteiger partial charge in [0.05, 0.1) is 6.61 Å². The van der Waals surface area contributed by atoms with Crippen molar-refractivity contribution in [2.24, 2.45) is 5.92 Å². The summed E-state index contributed by atoms with van der Waals surface area (Å²) in [5.74, 6) is 0.243. The number of esters is 1. The zero-order chi connectivity index (χ0) is 15.2. The quantitative estimate of drug-likeness (QED) is 0.224. The molecule has 0 unspecified atom stereocenters. The lowest BCUT2D eigenvalue weighted by Crippen LogP contribution is -2.06. The van der Waals surface area contributed by atoms with E-state index in [4.69, 9.17) is 10.00 Å². The highest BCUT2D eigenvalue weighted by Gasteiger charge is 2.06. The molecule has 3 nitrogen and oxygen atoms in total. The van der Waals surface area contributed by atoms with Crippen molar-refractivity contribution in [2.45, 2.75) is 71.6 Å². The predicted molar refractivity (Wildman–Crippen MR) is 82.1 cm³/mol. The summed E-state index contributed by atoms with van der Waals surface area (Å²) in [6, 6.07) is 1.69. The van der Waals surface area contributed by atoms with Gasteiger partial charge in [-0.25, -0.2) is 4.79 Å². The summed E-state index contributed by atoms with van der Waals surface area (Å²) < 4.78 is 4.92. The van der Waals surface area contributed by atoms with Crippen molar-refractivity contribution in [2.75, 3.05) is 6.61 Å². The highest BCUT2D eigenvalue weighted by molar-refractivity contribution is 5.91. The van der Waals surface area contributed by atoms with Crippen molar-refractivity contribution in [3.8, 4) is 6.07 Å². The molecule has 0 amide bonds. The largest absolute Gasteiger partial charge is 0.462 e. The molecule has 0 rings (SSSR count). The number of hydrogen-bond acceptors (Lipinski definition) is 3. The first-order valence-electron chi connectivity index (χ1n) is 7.84. The van der Waals surface area contributed by atoms with Crippen LogP contribution in [0.1, 0.15) is 71.6 Å². The first kappa shape index (κ1) is 18.7. The lowest BCUT2D eigenvalue weighted by atomic mass is 10.0. The summed E-state index contributed by atoms with van der Waals surface area (Å²) in [5.41, 5.74) is -0.119. The third-order valence-corrected chi connectivity index (χ3v) is 3.29. The van der Waals surface area contributed by atoms with Crippen molar-refractivity contribution < 1.29 is 9.53 Å². The van der Waals surface area contributed by atoms with Gasteiger partial charge in [-0.3, -0.25) is 0 Å². The van der Waals surface area contributed by atoms with E-state index in [0.29, 0.717) is 6.61 Å². The highest BCUT2D eigenvalue weighted by atomic mass is 16.5. The number of nitrogens with zero attached hydrogens (tertiary/aromatic N) is 1. The summed E-state index contributed by atoms with van der Waals surface area (Å²) in [4.78, 5) is 11.1. The Morgan fingerprint density at radius 3 is 2.05 bits per heavy atom. The van der Waals surface area contributed by atoms with Crippen molar-refractivity contribution in [3.05, 3.63) is 12.2 Å². The number of carbonyl (C=O) groups excluding carboxylic acids is 1. The molecule has 0 radical (unpaired) electrons. The van der Waals surface area contributed by atoms with Crippen LogP contribution in [0.2, 0.25) is 0 Å². The van der Waals surface area contributed by atoms with Gasteiger partial charge in [-0.05, 0) is 12.3 Å². The molecule has 0 aliphatic heterocycles. The molecular weight excluding hydrogens is 250 g/mol. The molecule has 0 fully saturated rings. The van der Waals surface area contributed by atoms with E-state index in [9.17, 15) is 4.79 Å².